The Morgan fingerprint density at radius 2 is 2.41 bits per heavy atom. The normalized spacial score (nSPS) is 20.7. The number of aryl methyl sites for hydroxylation is 1. The molecule has 1 unspecified atom stereocenters. The van der Waals surface area contributed by atoms with Gasteiger partial charge >= 0.3 is 0 Å². The summed E-state index contributed by atoms with van der Waals surface area (Å²) in [6.45, 7) is 5.25. The lowest BCUT2D eigenvalue weighted by Gasteiger charge is -2.35. The second kappa shape index (κ2) is 6.44. The fourth-order valence-electron chi connectivity index (χ4n) is 3.20. The maximum atomic E-state index is 12.8. The third-order valence-corrected chi connectivity index (χ3v) is 4.34. The summed E-state index contributed by atoms with van der Waals surface area (Å²) in [7, 11) is 1.89. The molecule has 0 N–H and O–H groups in total. The first-order valence-electron chi connectivity index (χ1n) is 7.79. The number of rotatable bonds is 5. The zero-order valence-corrected chi connectivity index (χ0v) is 13.0. The van der Waals surface area contributed by atoms with Gasteiger partial charge < -0.3 is 9.64 Å². The van der Waals surface area contributed by atoms with Gasteiger partial charge in [-0.25, -0.2) is 0 Å². The highest BCUT2D eigenvalue weighted by Gasteiger charge is 2.35. The van der Waals surface area contributed by atoms with Gasteiger partial charge in [-0.15, -0.1) is 11.7 Å². The summed E-state index contributed by atoms with van der Waals surface area (Å²) < 4.78 is 7.42. The predicted molar refractivity (Wildman–Crippen MR) is 82.1 cm³/mol. The van der Waals surface area contributed by atoms with Crippen LogP contribution in [0.15, 0.2) is 24.3 Å². The van der Waals surface area contributed by atoms with Crippen molar-refractivity contribution >= 4 is 5.91 Å². The smallest absolute Gasteiger partial charge is 0.250 e. The van der Waals surface area contributed by atoms with E-state index in [9.17, 15) is 4.79 Å². The SMILES string of the molecule is C=CCOCC1c2nnn(C)c2CCN1C(=O)C1=CCCC1. The van der Waals surface area contributed by atoms with Gasteiger partial charge in [0.25, 0.3) is 0 Å². The Morgan fingerprint density at radius 1 is 1.55 bits per heavy atom. The van der Waals surface area contributed by atoms with E-state index in [1.165, 1.54) is 0 Å². The molecule has 0 aromatic carbocycles. The van der Waals surface area contributed by atoms with E-state index >= 15 is 0 Å². The van der Waals surface area contributed by atoms with Gasteiger partial charge in [-0.1, -0.05) is 17.4 Å². The lowest BCUT2D eigenvalue weighted by Crippen LogP contribution is -2.43. The van der Waals surface area contributed by atoms with Crippen LogP contribution in [0.5, 0.6) is 0 Å². The highest BCUT2D eigenvalue weighted by atomic mass is 16.5. The molecule has 0 fully saturated rings. The van der Waals surface area contributed by atoms with Crippen LogP contribution in [0.3, 0.4) is 0 Å². The number of fused-ring (bicyclic) bond motifs is 1. The van der Waals surface area contributed by atoms with Gasteiger partial charge in [-0.2, -0.15) is 0 Å². The molecule has 1 atom stereocenters. The van der Waals surface area contributed by atoms with Gasteiger partial charge in [0.2, 0.25) is 5.91 Å². The van der Waals surface area contributed by atoms with Crippen LogP contribution < -0.4 is 0 Å². The van der Waals surface area contributed by atoms with Crippen molar-refractivity contribution in [1.29, 1.82) is 0 Å². The van der Waals surface area contributed by atoms with E-state index in [-0.39, 0.29) is 11.9 Å². The number of hydrogen-bond acceptors (Lipinski definition) is 4. The lowest BCUT2D eigenvalue weighted by atomic mass is 10.0. The number of hydrogen-bond donors (Lipinski definition) is 0. The van der Waals surface area contributed by atoms with Crippen molar-refractivity contribution in [3.63, 3.8) is 0 Å². The zero-order valence-electron chi connectivity index (χ0n) is 13.0. The summed E-state index contributed by atoms with van der Waals surface area (Å²) in [6, 6.07) is -0.161. The Balaban J connectivity index is 1.84. The van der Waals surface area contributed by atoms with Crippen LogP contribution in [-0.2, 0) is 23.0 Å². The Hall–Kier alpha value is -1.95. The molecule has 0 saturated heterocycles. The van der Waals surface area contributed by atoms with Gasteiger partial charge in [0, 0.05) is 25.6 Å². The van der Waals surface area contributed by atoms with Crippen LogP contribution in [0, 0.1) is 0 Å². The first kappa shape index (κ1) is 15.0. The number of aromatic nitrogens is 3. The van der Waals surface area contributed by atoms with E-state index in [0.29, 0.717) is 19.8 Å². The van der Waals surface area contributed by atoms with Crippen molar-refractivity contribution in [2.45, 2.75) is 31.7 Å². The van der Waals surface area contributed by atoms with Gasteiger partial charge in [0.05, 0.1) is 18.9 Å². The molecule has 2 heterocycles. The summed E-state index contributed by atoms with van der Waals surface area (Å²) in [5.41, 5.74) is 2.89. The van der Waals surface area contributed by atoms with Crippen LogP contribution in [0.4, 0.5) is 0 Å². The fourth-order valence-corrected chi connectivity index (χ4v) is 3.20. The molecule has 0 bridgehead atoms. The van der Waals surface area contributed by atoms with Crippen LogP contribution in [0.25, 0.3) is 0 Å². The molecule has 0 spiro atoms. The van der Waals surface area contributed by atoms with Gasteiger partial charge in [-0.05, 0) is 19.3 Å². The van der Waals surface area contributed by atoms with Crippen LogP contribution in [-0.4, -0.2) is 45.6 Å². The van der Waals surface area contributed by atoms with Crippen LogP contribution in [0.2, 0.25) is 0 Å². The van der Waals surface area contributed by atoms with Crippen LogP contribution >= 0.6 is 0 Å². The molecule has 1 aromatic heterocycles. The molecule has 22 heavy (non-hydrogen) atoms. The monoisotopic (exact) mass is 302 g/mol. The summed E-state index contributed by atoms with van der Waals surface area (Å²) in [5.74, 6) is 0.126. The molecule has 1 aliphatic heterocycles. The van der Waals surface area contributed by atoms with Crippen molar-refractivity contribution < 1.29 is 9.53 Å². The maximum Gasteiger partial charge on any atom is 0.250 e. The molecular formula is C16H22N4O2. The topological polar surface area (TPSA) is 60.3 Å². The lowest BCUT2D eigenvalue weighted by molar-refractivity contribution is -0.131. The van der Waals surface area contributed by atoms with E-state index in [2.05, 4.69) is 23.0 Å². The average Bonchev–Trinajstić information content (AvgIpc) is 3.17. The Kier molecular flexibility index (Phi) is 4.38. The van der Waals surface area contributed by atoms with E-state index in [4.69, 9.17) is 4.74 Å². The molecule has 118 valence electrons. The second-order valence-corrected chi connectivity index (χ2v) is 5.76. The highest BCUT2D eigenvalue weighted by molar-refractivity contribution is 5.94. The Morgan fingerprint density at radius 3 is 3.14 bits per heavy atom. The molecule has 1 aromatic rings. The van der Waals surface area contributed by atoms with Crippen LogP contribution in [0.1, 0.15) is 36.7 Å². The Bertz CT molecular complexity index is 605. The number of nitrogens with zero attached hydrogens (tertiary/aromatic N) is 4. The summed E-state index contributed by atoms with van der Waals surface area (Å²) in [5, 5.41) is 8.38. The number of allylic oxidation sites excluding steroid dienone is 1. The summed E-state index contributed by atoms with van der Waals surface area (Å²) in [4.78, 5) is 14.7. The van der Waals surface area contributed by atoms with E-state index in [0.717, 1.165) is 42.6 Å². The first-order valence-corrected chi connectivity index (χ1v) is 7.79. The highest BCUT2D eigenvalue weighted by Crippen LogP contribution is 2.31. The second-order valence-electron chi connectivity index (χ2n) is 5.76. The summed E-state index contributed by atoms with van der Waals surface area (Å²) >= 11 is 0. The van der Waals surface area contributed by atoms with E-state index < -0.39 is 0 Å². The molecule has 1 aliphatic carbocycles. The Labute approximate surface area is 130 Å². The van der Waals surface area contributed by atoms with E-state index in [1.807, 2.05) is 11.9 Å². The van der Waals surface area contributed by atoms with E-state index in [1.54, 1.807) is 10.8 Å². The van der Waals surface area contributed by atoms with Gasteiger partial charge in [-0.3, -0.25) is 9.48 Å². The van der Waals surface area contributed by atoms with Crippen molar-refractivity contribution in [1.82, 2.24) is 19.9 Å². The molecule has 2 aliphatic rings. The van der Waals surface area contributed by atoms with Gasteiger partial charge in [0.15, 0.2) is 0 Å². The largest absolute Gasteiger partial charge is 0.375 e. The standard InChI is InChI=1S/C16H22N4O2/c1-3-10-22-11-14-15-13(19(2)18-17-15)8-9-20(14)16(21)12-6-4-5-7-12/h3,6,14H,1,4-5,7-11H2,2H3. The van der Waals surface area contributed by atoms with Crippen molar-refractivity contribution in [2.75, 3.05) is 19.8 Å². The molecule has 1 amide bonds. The minimum absolute atomic E-state index is 0.126. The number of amides is 1. The third-order valence-electron chi connectivity index (χ3n) is 4.34. The number of ether oxygens (including phenoxy) is 1. The minimum Gasteiger partial charge on any atom is -0.375 e. The van der Waals surface area contributed by atoms with Crippen molar-refractivity contribution in [3.8, 4) is 0 Å². The quantitative estimate of drug-likeness (QED) is 0.612. The van der Waals surface area contributed by atoms with Crippen molar-refractivity contribution in [3.05, 3.63) is 35.7 Å². The number of carbonyl (C=O) groups excluding carboxylic acids is 1. The van der Waals surface area contributed by atoms with Crippen molar-refractivity contribution in [2.24, 2.45) is 7.05 Å². The molecule has 6 heteroatoms. The minimum atomic E-state index is -0.161. The summed E-state index contributed by atoms with van der Waals surface area (Å²) in [6.07, 6.45) is 7.52. The zero-order chi connectivity index (χ0) is 15.5. The average molecular weight is 302 g/mol. The maximum absolute atomic E-state index is 12.8. The number of carbonyl (C=O) groups is 1. The van der Waals surface area contributed by atoms with Gasteiger partial charge in [0.1, 0.15) is 11.7 Å². The first-order chi connectivity index (χ1) is 10.7. The molecule has 0 saturated carbocycles. The third kappa shape index (κ3) is 2.70. The predicted octanol–water partition coefficient (Wildman–Crippen LogP) is 1.55. The fraction of sp³-hybridized carbons (Fsp3) is 0.562. The molecule has 6 nitrogen and oxygen atoms in total. The molecular weight excluding hydrogens is 280 g/mol. The molecule has 3 rings (SSSR count). The molecule has 0 radical (unpaired) electrons.